The molecule has 120 valence electrons. The van der Waals surface area contributed by atoms with Crippen LogP contribution in [-0.2, 0) is 0 Å². The van der Waals surface area contributed by atoms with E-state index < -0.39 is 0 Å². The van der Waals surface area contributed by atoms with Gasteiger partial charge >= 0.3 is 6.03 Å². The molecule has 0 aliphatic rings. The van der Waals surface area contributed by atoms with Crippen molar-refractivity contribution in [1.82, 2.24) is 24.5 Å². The lowest BCUT2D eigenvalue weighted by atomic mass is 10.2. The molecule has 0 aliphatic carbocycles. The Morgan fingerprint density at radius 2 is 2.22 bits per heavy atom. The third-order valence-corrected chi connectivity index (χ3v) is 4.70. The van der Waals surface area contributed by atoms with Crippen LogP contribution < -0.4 is 5.32 Å². The molecule has 0 spiro atoms. The lowest BCUT2D eigenvalue weighted by Crippen LogP contribution is -2.34. The Kier molecular flexibility index (Phi) is 3.99. The normalized spacial score (nSPS) is 12.3. The highest BCUT2D eigenvalue weighted by molar-refractivity contribution is 7.11. The fourth-order valence-electron chi connectivity index (χ4n) is 2.44. The van der Waals surface area contributed by atoms with Crippen molar-refractivity contribution in [3.8, 4) is 0 Å². The highest BCUT2D eigenvalue weighted by Crippen LogP contribution is 2.26. The Hall–Kier alpha value is -2.48. The zero-order valence-electron chi connectivity index (χ0n) is 13.4. The first-order chi connectivity index (χ1) is 11.0. The van der Waals surface area contributed by atoms with Crippen LogP contribution in [0.5, 0.6) is 0 Å². The third kappa shape index (κ3) is 2.89. The van der Waals surface area contributed by atoms with E-state index in [1.807, 2.05) is 33.0 Å². The van der Waals surface area contributed by atoms with E-state index in [-0.39, 0.29) is 12.1 Å². The second-order valence-electron chi connectivity index (χ2n) is 5.38. The fraction of sp³-hybridized carbons (Fsp3) is 0.333. The maximum Gasteiger partial charge on any atom is 0.322 e. The van der Waals surface area contributed by atoms with Crippen LogP contribution in [0.25, 0.3) is 5.65 Å². The molecular formula is C15H18N6OS. The van der Waals surface area contributed by atoms with E-state index in [1.54, 1.807) is 40.1 Å². The van der Waals surface area contributed by atoms with Gasteiger partial charge in [0.1, 0.15) is 6.33 Å². The summed E-state index contributed by atoms with van der Waals surface area (Å²) in [6.45, 7) is 5.97. The SMILES string of the molecule is Cc1nc([C@@H](C)N(C)C(=O)Nc2cccn3cnnc23)c(C)s1. The van der Waals surface area contributed by atoms with Crippen molar-refractivity contribution >= 4 is 28.7 Å². The minimum Gasteiger partial charge on any atom is -0.319 e. The third-order valence-electron chi connectivity index (χ3n) is 3.80. The summed E-state index contributed by atoms with van der Waals surface area (Å²) >= 11 is 1.64. The molecule has 0 radical (unpaired) electrons. The smallest absolute Gasteiger partial charge is 0.319 e. The molecule has 7 nitrogen and oxygen atoms in total. The lowest BCUT2D eigenvalue weighted by molar-refractivity contribution is 0.207. The van der Waals surface area contributed by atoms with E-state index in [4.69, 9.17) is 0 Å². The molecule has 0 saturated carbocycles. The molecule has 0 bridgehead atoms. The van der Waals surface area contributed by atoms with Gasteiger partial charge in [0.2, 0.25) is 0 Å². The van der Waals surface area contributed by atoms with Gasteiger partial charge in [-0.1, -0.05) is 0 Å². The van der Waals surface area contributed by atoms with Gasteiger partial charge in [-0.3, -0.25) is 4.40 Å². The number of amides is 2. The number of aryl methyl sites for hydroxylation is 2. The van der Waals surface area contributed by atoms with Crippen LogP contribution in [0.3, 0.4) is 0 Å². The average molecular weight is 330 g/mol. The lowest BCUT2D eigenvalue weighted by Gasteiger charge is -2.24. The summed E-state index contributed by atoms with van der Waals surface area (Å²) in [5.74, 6) is 0. The number of nitrogens with one attached hydrogen (secondary N) is 1. The number of fused-ring (bicyclic) bond motifs is 1. The van der Waals surface area contributed by atoms with Crippen molar-refractivity contribution in [2.75, 3.05) is 12.4 Å². The zero-order chi connectivity index (χ0) is 16.6. The summed E-state index contributed by atoms with van der Waals surface area (Å²) in [5.41, 5.74) is 2.17. The number of thiazole rings is 1. The second kappa shape index (κ2) is 5.96. The van der Waals surface area contributed by atoms with Crippen LogP contribution in [0.15, 0.2) is 24.7 Å². The Bertz CT molecular complexity index is 855. The Balaban J connectivity index is 1.80. The van der Waals surface area contributed by atoms with Crippen molar-refractivity contribution in [1.29, 1.82) is 0 Å². The fourth-order valence-corrected chi connectivity index (χ4v) is 3.35. The topological polar surface area (TPSA) is 75.4 Å². The summed E-state index contributed by atoms with van der Waals surface area (Å²) in [4.78, 5) is 19.9. The number of carbonyl (C=O) groups is 1. The van der Waals surface area contributed by atoms with Gasteiger partial charge in [-0.2, -0.15) is 0 Å². The number of anilines is 1. The molecule has 0 aliphatic heterocycles. The van der Waals surface area contributed by atoms with Gasteiger partial charge in [0.25, 0.3) is 0 Å². The Morgan fingerprint density at radius 3 is 2.91 bits per heavy atom. The van der Waals surface area contributed by atoms with Crippen LogP contribution in [-0.4, -0.2) is 37.6 Å². The maximum absolute atomic E-state index is 12.5. The van der Waals surface area contributed by atoms with E-state index in [9.17, 15) is 4.79 Å². The summed E-state index contributed by atoms with van der Waals surface area (Å²) in [5, 5.41) is 11.8. The first-order valence-electron chi connectivity index (χ1n) is 7.23. The maximum atomic E-state index is 12.5. The predicted molar refractivity (Wildman–Crippen MR) is 89.8 cm³/mol. The quantitative estimate of drug-likeness (QED) is 0.801. The minimum atomic E-state index is -0.210. The highest BCUT2D eigenvalue weighted by atomic mass is 32.1. The van der Waals surface area contributed by atoms with Gasteiger partial charge in [0, 0.05) is 18.1 Å². The molecule has 8 heteroatoms. The minimum absolute atomic E-state index is 0.113. The highest BCUT2D eigenvalue weighted by Gasteiger charge is 2.22. The summed E-state index contributed by atoms with van der Waals surface area (Å²) in [6.07, 6.45) is 3.43. The molecule has 0 saturated heterocycles. The largest absolute Gasteiger partial charge is 0.322 e. The Labute approximate surface area is 138 Å². The number of carbonyl (C=O) groups excluding carboxylic acids is 1. The van der Waals surface area contributed by atoms with Crippen LogP contribution in [0.2, 0.25) is 0 Å². The van der Waals surface area contributed by atoms with Crippen LogP contribution in [0.4, 0.5) is 10.5 Å². The van der Waals surface area contributed by atoms with Crippen LogP contribution >= 0.6 is 11.3 Å². The number of hydrogen-bond donors (Lipinski definition) is 1. The van der Waals surface area contributed by atoms with E-state index >= 15 is 0 Å². The summed E-state index contributed by atoms with van der Waals surface area (Å²) in [7, 11) is 1.76. The van der Waals surface area contributed by atoms with Crippen molar-refractivity contribution in [2.24, 2.45) is 0 Å². The zero-order valence-corrected chi connectivity index (χ0v) is 14.3. The molecule has 23 heavy (non-hydrogen) atoms. The van der Waals surface area contributed by atoms with E-state index in [1.165, 1.54) is 0 Å². The molecule has 3 rings (SSSR count). The van der Waals surface area contributed by atoms with Gasteiger partial charge in [-0.05, 0) is 32.9 Å². The number of urea groups is 1. The molecule has 1 N–H and O–H groups in total. The first-order valence-corrected chi connectivity index (χ1v) is 8.05. The van der Waals surface area contributed by atoms with Crippen molar-refractivity contribution in [2.45, 2.75) is 26.8 Å². The van der Waals surface area contributed by atoms with Gasteiger partial charge < -0.3 is 10.2 Å². The second-order valence-corrected chi connectivity index (χ2v) is 6.78. The predicted octanol–water partition coefficient (Wildman–Crippen LogP) is 3.03. The van der Waals surface area contributed by atoms with Gasteiger partial charge in [-0.25, -0.2) is 9.78 Å². The molecule has 0 unspecified atom stereocenters. The molecule has 0 aromatic carbocycles. The number of pyridine rings is 1. The molecule has 1 atom stereocenters. The monoisotopic (exact) mass is 330 g/mol. The van der Waals surface area contributed by atoms with Gasteiger partial charge in [0.15, 0.2) is 5.65 Å². The van der Waals surface area contributed by atoms with Crippen molar-refractivity contribution < 1.29 is 4.79 Å². The van der Waals surface area contributed by atoms with Crippen molar-refractivity contribution in [3.05, 3.63) is 40.2 Å². The van der Waals surface area contributed by atoms with Gasteiger partial charge in [-0.15, -0.1) is 21.5 Å². The van der Waals surface area contributed by atoms with E-state index in [0.717, 1.165) is 15.6 Å². The van der Waals surface area contributed by atoms with E-state index in [0.29, 0.717) is 11.3 Å². The average Bonchev–Trinajstić information content (AvgIpc) is 3.12. The number of rotatable bonds is 3. The standard InChI is InChI=1S/C15H18N6OS/c1-9(13-10(2)23-11(3)17-13)20(4)15(22)18-12-6-5-7-21-8-16-19-14(12)21/h5-9H,1-4H3,(H,18,22)/t9-/m1/s1. The molecule has 3 aromatic rings. The molecule has 3 aromatic heterocycles. The van der Waals surface area contributed by atoms with E-state index in [2.05, 4.69) is 20.5 Å². The van der Waals surface area contributed by atoms with Crippen LogP contribution in [0.1, 0.15) is 28.5 Å². The first kappa shape index (κ1) is 15.4. The molecule has 3 heterocycles. The van der Waals surface area contributed by atoms with Crippen molar-refractivity contribution in [3.63, 3.8) is 0 Å². The molecule has 2 amide bonds. The number of hydrogen-bond acceptors (Lipinski definition) is 5. The summed E-state index contributed by atoms with van der Waals surface area (Å²) in [6, 6.07) is 3.32. The van der Waals surface area contributed by atoms with Gasteiger partial charge in [0.05, 0.1) is 22.4 Å². The number of aromatic nitrogens is 4. The van der Waals surface area contributed by atoms with Crippen LogP contribution in [0, 0.1) is 13.8 Å². The number of nitrogens with zero attached hydrogens (tertiary/aromatic N) is 5. The summed E-state index contributed by atoms with van der Waals surface area (Å²) < 4.78 is 1.76. The Morgan fingerprint density at radius 1 is 1.43 bits per heavy atom. The molecular weight excluding hydrogens is 312 g/mol. The molecule has 0 fully saturated rings.